The molecule has 14 heavy (non-hydrogen) atoms. The molecule has 0 radical (unpaired) electrons. The van der Waals surface area contributed by atoms with Crippen LogP contribution >= 0.6 is 0 Å². The van der Waals surface area contributed by atoms with Crippen LogP contribution in [0.4, 0.5) is 4.79 Å². The Bertz CT molecular complexity index is 257. The van der Waals surface area contributed by atoms with Gasteiger partial charge >= 0.3 is 0 Å². The molecule has 0 unspecified atom stereocenters. The molecular formula is C10H21NO2S. The number of amides is 1. The number of rotatable bonds is 4. The number of hydrogen-bond donors (Lipinski definition) is 1. The summed E-state index contributed by atoms with van der Waals surface area (Å²) >= 11 is 0. The summed E-state index contributed by atoms with van der Waals surface area (Å²) in [4.78, 5) is 13.5. The van der Waals surface area contributed by atoms with Gasteiger partial charge < -0.3 is 4.90 Å². The summed E-state index contributed by atoms with van der Waals surface area (Å²) in [5.74, 6) is 1.19. The van der Waals surface area contributed by atoms with Crippen LogP contribution in [-0.4, -0.2) is 39.4 Å². The highest BCUT2D eigenvalue weighted by atomic mass is 32.2. The molecule has 1 fully saturated rings. The van der Waals surface area contributed by atoms with Gasteiger partial charge in [0.1, 0.15) is 0 Å². The molecule has 84 valence electrons. The Hall–Kier alpha value is -0.380. The summed E-state index contributed by atoms with van der Waals surface area (Å²) in [6, 6.07) is 0. The monoisotopic (exact) mass is 219 g/mol. The molecule has 1 amide bonds. The maximum Gasteiger partial charge on any atom is 0.288 e. The first-order valence-electron chi connectivity index (χ1n) is 5.37. The first kappa shape index (κ1) is 11.7. The number of thiol groups is 1. The van der Waals surface area contributed by atoms with Crippen molar-refractivity contribution >= 4 is 15.2 Å². The van der Waals surface area contributed by atoms with E-state index < -0.39 is 9.93 Å². The summed E-state index contributed by atoms with van der Waals surface area (Å²) in [6.07, 6.45) is 3.96. The van der Waals surface area contributed by atoms with Crippen molar-refractivity contribution in [1.29, 1.82) is 0 Å². The second-order valence-corrected chi connectivity index (χ2v) is 7.13. The quantitative estimate of drug-likeness (QED) is 0.728. The minimum atomic E-state index is -2.58. The van der Waals surface area contributed by atoms with E-state index in [0.29, 0.717) is 24.8 Å². The molecule has 0 atom stereocenters. The Labute approximate surface area is 87.3 Å². The van der Waals surface area contributed by atoms with Gasteiger partial charge in [0.25, 0.3) is 5.24 Å². The predicted molar refractivity (Wildman–Crippen MR) is 61.4 cm³/mol. The van der Waals surface area contributed by atoms with Crippen molar-refractivity contribution in [3.8, 4) is 0 Å². The lowest BCUT2D eigenvalue weighted by atomic mass is 10.5. The molecule has 1 rings (SSSR count). The van der Waals surface area contributed by atoms with Crippen LogP contribution in [0.3, 0.4) is 0 Å². The first-order valence-corrected chi connectivity index (χ1v) is 7.71. The van der Waals surface area contributed by atoms with Gasteiger partial charge in [-0.3, -0.25) is 9.00 Å². The average Bonchev–Trinajstić information content (AvgIpc) is 2.89. The van der Waals surface area contributed by atoms with Gasteiger partial charge in [-0.1, -0.05) is 0 Å². The van der Waals surface area contributed by atoms with Crippen molar-refractivity contribution in [3.63, 3.8) is 0 Å². The highest BCUT2D eigenvalue weighted by Gasteiger charge is 2.32. The lowest BCUT2D eigenvalue weighted by Crippen LogP contribution is -2.40. The third-order valence-electron chi connectivity index (χ3n) is 2.74. The van der Waals surface area contributed by atoms with Crippen LogP contribution < -0.4 is 0 Å². The molecule has 0 saturated heterocycles. The van der Waals surface area contributed by atoms with Crippen molar-refractivity contribution < 1.29 is 9.00 Å². The van der Waals surface area contributed by atoms with Crippen LogP contribution in [0.15, 0.2) is 0 Å². The zero-order chi connectivity index (χ0) is 10.8. The molecule has 0 aromatic heterocycles. The second-order valence-electron chi connectivity index (χ2n) is 4.18. The Balaban J connectivity index is 2.59. The standard InChI is InChI=1S/C10H21NO2S/c1-4-11(5-2)10(12)14(3,13)8-9-6-7-9/h9,14H,4-8H2,1-3H3. The van der Waals surface area contributed by atoms with Gasteiger partial charge in [-0.25, -0.2) is 0 Å². The predicted octanol–water partition coefficient (Wildman–Crippen LogP) is 1.50. The maximum atomic E-state index is 12.1. The second kappa shape index (κ2) is 4.43. The van der Waals surface area contributed by atoms with Crippen molar-refractivity contribution in [3.05, 3.63) is 0 Å². The lowest BCUT2D eigenvalue weighted by molar-refractivity contribution is 0.226. The van der Waals surface area contributed by atoms with Gasteiger partial charge in [0.15, 0.2) is 0 Å². The van der Waals surface area contributed by atoms with Gasteiger partial charge in [-0.2, -0.15) is 0 Å². The van der Waals surface area contributed by atoms with Crippen LogP contribution in [0, 0.1) is 5.92 Å². The van der Waals surface area contributed by atoms with Crippen LogP contribution in [0.25, 0.3) is 0 Å². The summed E-state index contributed by atoms with van der Waals surface area (Å²) in [5, 5.41) is -0.116. The van der Waals surface area contributed by atoms with E-state index in [1.165, 1.54) is 0 Å². The fraction of sp³-hybridized carbons (Fsp3) is 0.900. The Kier molecular flexibility index (Phi) is 3.70. The molecule has 0 aromatic rings. The molecule has 0 aromatic carbocycles. The molecule has 3 nitrogen and oxygen atoms in total. The van der Waals surface area contributed by atoms with E-state index in [2.05, 4.69) is 0 Å². The Morgan fingerprint density at radius 3 is 2.21 bits per heavy atom. The van der Waals surface area contributed by atoms with Gasteiger partial charge in [-0.05, 0) is 48.8 Å². The fourth-order valence-electron chi connectivity index (χ4n) is 1.66. The van der Waals surface area contributed by atoms with Gasteiger partial charge in [0.05, 0.1) is 0 Å². The average molecular weight is 219 g/mol. The summed E-state index contributed by atoms with van der Waals surface area (Å²) in [5.41, 5.74) is 0. The minimum absolute atomic E-state index is 0.116. The van der Waals surface area contributed by atoms with Gasteiger partial charge in [-0.15, -0.1) is 0 Å². The summed E-state index contributed by atoms with van der Waals surface area (Å²) in [6.45, 7) is 5.19. The summed E-state index contributed by atoms with van der Waals surface area (Å²) in [7, 11) is -2.58. The minimum Gasteiger partial charge on any atom is -0.334 e. The number of hydrogen-bond acceptors (Lipinski definition) is 2. The fourth-order valence-corrected chi connectivity index (χ4v) is 4.05. The smallest absolute Gasteiger partial charge is 0.288 e. The van der Waals surface area contributed by atoms with Gasteiger partial charge in [0, 0.05) is 18.8 Å². The molecule has 0 heterocycles. The summed E-state index contributed by atoms with van der Waals surface area (Å²) < 4.78 is 12.1. The third kappa shape index (κ3) is 2.80. The third-order valence-corrected chi connectivity index (χ3v) is 5.05. The van der Waals surface area contributed by atoms with Crippen molar-refractivity contribution in [2.24, 2.45) is 5.92 Å². The number of carbonyl (C=O) groups is 1. The normalized spacial score (nSPS) is 17.9. The van der Waals surface area contributed by atoms with E-state index in [4.69, 9.17) is 0 Å². The highest BCUT2D eigenvalue weighted by Crippen LogP contribution is 2.32. The zero-order valence-corrected chi connectivity index (χ0v) is 10.2. The largest absolute Gasteiger partial charge is 0.334 e. The lowest BCUT2D eigenvalue weighted by Gasteiger charge is -2.26. The van der Waals surface area contributed by atoms with Crippen LogP contribution in [-0.2, 0) is 9.93 Å². The molecule has 1 aliphatic rings. The van der Waals surface area contributed by atoms with E-state index in [1.807, 2.05) is 13.8 Å². The van der Waals surface area contributed by atoms with E-state index in [-0.39, 0.29) is 5.24 Å². The zero-order valence-electron chi connectivity index (χ0n) is 9.32. The first-order chi connectivity index (χ1) is 6.51. The topological polar surface area (TPSA) is 37.4 Å². The number of nitrogens with zero attached hydrogens (tertiary/aromatic N) is 1. The van der Waals surface area contributed by atoms with Gasteiger partial charge in [0.2, 0.25) is 0 Å². The number of carbonyl (C=O) groups excluding carboxylic acids is 1. The maximum absolute atomic E-state index is 12.1. The Morgan fingerprint density at radius 1 is 1.36 bits per heavy atom. The van der Waals surface area contributed by atoms with Crippen LogP contribution in [0.1, 0.15) is 26.7 Å². The Morgan fingerprint density at radius 2 is 1.86 bits per heavy atom. The molecule has 0 bridgehead atoms. The van der Waals surface area contributed by atoms with E-state index in [1.54, 1.807) is 11.2 Å². The van der Waals surface area contributed by atoms with E-state index in [0.717, 1.165) is 12.8 Å². The van der Waals surface area contributed by atoms with Crippen LogP contribution in [0.5, 0.6) is 0 Å². The SMILES string of the molecule is CCN(CC)C(=O)[SH](C)(=O)CC1CC1. The molecule has 1 saturated carbocycles. The molecule has 0 aliphatic heterocycles. The van der Waals surface area contributed by atoms with Crippen molar-refractivity contribution in [1.82, 2.24) is 4.90 Å². The molecular weight excluding hydrogens is 198 g/mol. The molecule has 0 N–H and O–H groups in total. The highest BCUT2D eigenvalue weighted by molar-refractivity contribution is 8.15. The van der Waals surface area contributed by atoms with E-state index in [9.17, 15) is 9.00 Å². The molecule has 1 aliphatic carbocycles. The van der Waals surface area contributed by atoms with Crippen LogP contribution in [0.2, 0.25) is 0 Å². The van der Waals surface area contributed by atoms with E-state index >= 15 is 0 Å². The van der Waals surface area contributed by atoms with Crippen molar-refractivity contribution in [2.45, 2.75) is 26.7 Å². The molecule has 0 spiro atoms. The van der Waals surface area contributed by atoms with Crippen molar-refractivity contribution in [2.75, 3.05) is 25.1 Å². The molecule has 4 heteroatoms.